The molecule has 3 atom stereocenters. The molecule has 100 valence electrons. The first-order chi connectivity index (χ1) is 8.10. The molecule has 1 saturated carbocycles. The molecule has 3 unspecified atom stereocenters. The van der Waals surface area contributed by atoms with Gasteiger partial charge in [-0.1, -0.05) is 6.92 Å². The second-order valence-electron chi connectivity index (χ2n) is 4.79. The zero-order chi connectivity index (χ0) is 12.8. The average Bonchev–Trinajstić information content (AvgIpc) is 3.11. The number of aliphatic hydroxyl groups is 3. The fraction of sp³-hybridized carbons (Fsp3) is 0.846. The van der Waals surface area contributed by atoms with E-state index < -0.39 is 12.2 Å². The Bertz CT molecular complexity index is 248. The van der Waals surface area contributed by atoms with Gasteiger partial charge in [0.2, 0.25) is 0 Å². The van der Waals surface area contributed by atoms with Crippen molar-refractivity contribution < 1.29 is 20.1 Å². The predicted octanol–water partition coefficient (Wildman–Crippen LogP) is 1.06. The fourth-order valence-electron chi connectivity index (χ4n) is 1.96. The Labute approximate surface area is 103 Å². The first-order valence-electron chi connectivity index (χ1n) is 6.38. The van der Waals surface area contributed by atoms with Crippen molar-refractivity contribution in [1.29, 1.82) is 0 Å². The number of hydrogen-bond donors (Lipinski definition) is 3. The highest BCUT2D eigenvalue weighted by atomic mass is 16.5. The zero-order valence-electron chi connectivity index (χ0n) is 10.7. The van der Waals surface area contributed by atoms with Gasteiger partial charge in [-0.25, -0.2) is 0 Å². The molecule has 1 rings (SSSR count). The summed E-state index contributed by atoms with van der Waals surface area (Å²) < 4.78 is 5.33. The van der Waals surface area contributed by atoms with Crippen molar-refractivity contribution in [3.63, 3.8) is 0 Å². The second kappa shape index (κ2) is 6.99. The van der Waals surface area contributed by atoms with Gasteiger partial charge in [-0.05, 0) is 38.2 Å². The van der Waals surface area contributed by atoms with Crippen molar-refractivity contribution in [1.82, 2.24) is 0 Å². The molecule has 0 saturated heterocycles. The van der Waals surface area contributed by atoms with Gasteiger partial charge in [0, 0.05) is 12.5 Å². The van der Waals surface area contributed by atoms with E-state index in [0.29, 0.717) is 18.3 Å². The smallest absolute Gasteiger partial charge is 0.102 e. The summed E-state index contributed by atoms with van der Waals surface area (Å²) >= 11 is 0. The minimum atomic E-state index is -0.968. The van der Waals surface area contributed by atoms with Crippen LogP contribution in [0.3, 0.4) is 0 Å². The summed E-state index contributed by atoms with van der Waals surface area (Å²) in [4.78, 5) is 0. The summed E-state index contributed by atoms with van der Waals surface area (Å²) in [6, 6.07) is 0. The van der Waals surface area contributed by atoms with Crippen LogP contribution >= 0.6 is 0 Å². The third-order valence-corrected chi connectivity index (χ3v) is 3.17. The minimum Gasteiger partial charge on any atom is -0.498 e. The summed E-state index contributed by atoms with van der Waals surface area (Å²) in [5.74, 6) is 0.751. The summed E-state index contributed by atoms with van der Waals surface area (Å²) in [5, 5.41) is 29.0. The van der Waals surface area contributed by atoms with Crippen LogP contribution in [0, 0.1) is 11.8 Å². The van der Waals surface area contributed by atoms with Gasteiger partial charge < -0.3 is 20.1 Å². The molecule has 0 aromatic rings. The van der Waals surface area contributed by atoms with Crippen molar-refractivity contribution in [3.05, 3.63) is 11.8 Å². The first kappa shape index (κ1) is 14.5. The van der Waals surface area contributed by atoms with E-state index in [0.717, 1.165) is 19.3 Å². The van der Waals surface area contributed by atoms with Gasteiger partial charge in [0.25, 0.3) is 0 Å². The summed E-state index contributed by atoms with van der Waals surface area (Å²) in [6.45, 7) is 4.30. The highest BCUT2D eigenvalue weighted by molar-refractivity contribution is 5.00. The molecule has 3 N–H and O–H groups in total. The number of ether oxygens (including phenoxy) is 1. The Morgan fingerprint density at radius 3 is 2.53 bits per heavy atom. The van der Waals surface area contributed by atoms with E-state index in [1.165, 1.54) is 6.08 Å². The van der Waals surface area contributed by atoms with Crippen LogP contribution < -0.4 is 0 Å². The highest BCUT2D eigenvalue weighted by Crippen LogP contribution is 2.39. The van der Waals surface area contributed by atoms with Crippen LogP contribution in [-0.4, -0.2) is 40.7 Å². The quantitative estimate of drug-likeness (QED) is 0.558. The van der Waals surface area contributed by atoms with Crippen molar-refractivity contribution in [3.8, 4) is 0 Å². The van der Waals surface area contributed by atoms with E-state index in [-0.39, 0.29) is 12.5 Å². The average molecular weight is 244 g/mol. The van der Waals surface area contributed by atoms with E-state index in [9.17, 15) is 15.3 Å². The number of aliphatic hydroxyl groups excluding tert-OH is 3. The molecule has 0 amide bonds. The van der Waals surface area contributed by atoms with Gasteiger partial charge in [-0.2, -0.15) is 0 Å². The van der Waals surface area contributed by atoms with Gasteiger partial charge in [-0.3, -0.25) is 0 Å². The molecule has 0 radical (unpaired) electrons. The molecule has 1 aliphatic carbocycles. The summed E-state index contributed by atoms with van der Waals surface area (Å²) in [5.41, 5.74) is 0. The summed E-state index contributed by atoms with van der Waals surface area (Å²) in [6.07, 6.45) is 2.61. The van der Waals surface area contributed by atoms with Crippen LogP contribution in [-0.2, 0) is 4.74 Å². The van der Waals surface area contributed by atoms with Gasteiger partial charge in [0.1, 0.15) is 6.10 Å². The second-order valence-corrected chi connectivity index (χ2v) is 4.79. The van der Waals surface area contributed by atoms with Gasteiger partial charge in [0.05, 0.1) is 18.5 Å². The third-order valence-electron chi connectivity index (χ3n) is 3.17. The fourth-order valence-corrected chi connectivity index (χ4v) is 1.96. The Morgan fingerprint density at radius 2 is 2.06 bits per heavy atom. The van der Waals surface area contributed by atoms with Crippen LogP contribution in [0.1, 0.15) is 33.1 Å². The highest BCUT2D eigenvalue weighted by Gasteiger charge is 2.37. The SMILES string of the molecule is CCCO/C(C)=C/C(O)C(O)C(CO)C1CC1. The van der Waals surface area contributed by atoms with Crippen LogP contribution in [0.4, 0.5) is 0 Å². The third kappa shape index (κ3) is 4.66. The Morgan fingerprint density at radius 1 is 1.41 bits per heavy atom. The predicted molar refractivity (Wildman–Crippen MR) is 65.3 cm³/mol. The zero-order valence-corrected chi connectivity index (χ0v) is 10.7. The molecule has 0 aromatic heterocycles. The number of rotatable bonds is 8. The monoisotopic (exact) mass is 244 g/mol. The molecule has 0 aliphatic heterocycles. The van der Waals surface area contributed by atoms with Crippen molar-refractivity contribution >= 4 is 0 Å². The van der Waals surface area contributed by atoms with Crippen molar-refractivity contribution in [2.45, 2.75) is 45.3 Å². The molecule has 0 aromatic carbocycles. The maximum absolute atomic E-state index is 9.95. The van der Waals surface area contributed by atoms with Crippen molar-refractivity contribution in [2.24, 2.45) is 11.8 Å². The van der Waals surface area contributed by atoms with E-state index >= 15 is 0 Å². The maximum Gasteiger partial charge on any atom is 0.102 e. The summed E-state index contributed by atoms with van der Waals surface area (Å²) in [7, 11) is 0. The minimum absolute atomic E-state index is 0.0778. The molecular formula is C13H24O4. The lowest BCUT2D eigenvalue weighted by molar-refractivity contribution is -0.0199. The Kier molecular flexibility index (Phi) is 5.95. The topological polar surface area (TPSA) is 69.9 Å². The molecule has 4 heteroatoms. The van der Waals surface area contributed by atoms with Crippen LogP contribution in [0.2, 0.25) is 0 Å². The van der Waals surface area contributed by atoms with Crippen LogP contribution in [0.15, 0.2) is 11.8 Å². The molecule has 1 fully saturated rings. The standard InChI is InChI=1S/C13H24O4/c1-3-6-17-9(2)7-12(15)13(16)11(8-14)10-4-5-10/h7,10-16H,3-6,8H2,1-2H3/b9-7+. The Balaban J connectivity index is 2.46. The van der Waals surface area contributed by atoms with E-state index in [4.69, 9.17) is 4.74 Å². The molecule has 17 heavy (non-hydrogen) atoms. The lowest BCUT2D eigenvalue weighted by atomic mass is 9.93. The lowest BCUT2D eigenvalue weighted by Gasteiger charge is -2.23. The van der Waals surface area contributed by atoms with E-state index in [1.807, 2.05) is 6.92 Å². The molecule has 4 nitrogen and oxygen atoms in total. The molecule has 0 spiro atoms. The van der Waals surface area contributed by atoms with Crippen LogP contribution in [0.25, 0.3) is 0 Å². The molecule has 0 bridgehead atoms. The first-order valence-corrected chi connectivity index (χ1v) is 6.38. The van der Waals surface area contributed by atoms with Crippen molar-refractivity contribution in [2.75, 3.05) is 13.2 Å². The lowest BCUT2D eigenvalue weighted by Crippen LogP contribution is -2.35. The number of allylic oxidation sites excluding steroid dienone is 1. The van der Waals surface area contributed by atoms with Gasteiger partial charge in [0.15, 0.2) is 0 Å². The largest absolute Gasteiger partial charge is 0.498 e. The van der Waals surface area contributed by atoms with Crippen LogP contribution in [0.5, 0.6) is 0 Å². The molecule has 1 aliphatic rings. The van der Waals surface area contributed by atoms with Gasteiger partial charge >= 0.3 is 0 Å². The maximum atomic E-state index is 9.95. The Hall–Kier alpha value is -0.580. The molecule has 0 heterocycles. The molecular weight excluding hydrogens is 220 g/mol. The normalized spacial score (nSPS) is 22.1. The van der Waals surface area contributed by atoms with E-state index in [2.05, 4.69) is 0 Å². The number of hydrogen-bond acceptors (Lipinski definition) is 4. The van der Waals surface area contributed by atoms with Gasteiger partial charge in [-0.15, -0.1) is 0 Å². The van der Waals surface area contributed by atoms with E-state index in [1.54, 1.807) is 6.92 Å².